The van der Waals surface area contributed by atoms with Crippen molar-refractivity contribution >= 4 is 16.0 Å². The van der Waals surface area contributed by atoms with Crippen LogP contribution in [0.5, 0.6) is 0 Å². The maximum absolute atomic E-state index is 12.3. The van der Waals surface area contributed by atoms with E-state index in [-0.39, 0.29) is 28.0 Å². The molecule has 0 aromatic carbocycles. The smallest absolute Gasteiger partial charge is 0.340 e. The number of aryl methyl sites for hydroxylation is 2. The molecule has 1 aromatic rings. The summed E-state index contributed by atoms with van der Waals surface area (Å²) in [6.07, 6.45) is 0.480. The van der Waals surface area contributed by atoms with Crippen LogP contribution in [0.2, 0.25) is 0 Å². The molecule has 1 atom stereocenters. The number of carboxylic acid groups (broad SMARTS) is 1. The summed E-state index contributed by atoms with van der Waals surface area (Å²) in [6, 6.07) is -0.379. The fourth-order valence-corrected chi connectivity index (χ4v) is 3.60. The van der Waals surface area contributed by atoms with Gasteiger partial charge in [0.25, 0.3) is 0 Å². The number of carbonyl (C=O) groups is 1. The van der Waals surface area contributed by atoms with E-state index in [1.807, 2.05) is 0 Å². The first-order valence-corrected chi connectivity index (χ1v) is 7.53. The second-order valence-corrected chi connectivity index (χ2v) is 6.18. The van der Waals surface area contributed by atoms with Gasteiger partial charge < -0.3 is 14.3 Å². The molecule has 0 aliphatic carbocycles. The Morgan fingerprint density at radius 3 is 2.50 bits per heavy atom. The number of hydrogen-bond donors (Lipinski definition) is 2. The lowest BCUT2D eigenvalue weighted by Crippen LogP contribution is -2.34. The maximum Gasteiger partial charge on any atom is 0.340 e. The lowest BCUT2D eigenvalue weighted by atomic mass is 10.2. The first-order valence-electron chi connectivity index (χ1n) is 6.05. The van der Waals surface area contributed by atoms with Gasteiger partial charge in [0, 0.05) is 19.8 Å². The number of ether oxygens (including phenoxy) is 1. The van der Waals surface area contributed by atoms with Crippen molar-refractivity contribution in [3.63, 3.8) is 0 Å². The summed E-state index contributed by atoms with van der Waals surface area (Å²) in [5.41, 5.74) is -0.325. The molecular weight excluding hydrogens is 286 g/mol. The Bertz CT molecular complexity index is 589. The molecule has 0 aliphatic heterocycles. The lowest BCUT2D eigenvalue weighted by Gasteiger charge is -2.13. The van der Waals surface area contributed by atoms with Crippen molar-refractivity contribution in [1.82, 2.24) is 4.72 Å². The van der Waals surface area contributed by atoms with Crippen molar-refractivity contribution in [1.29, 1.82) is 0 Å². The van der Waals surface area contributed by atoms with E-state index in [2.05, 4.69) is 4.72 Å². The van der Waals surface area contributed by atoms with Gasteiger partial charge in [-0.2, -0.15) is 0 Å². The molecule has 0 saturated heterocycles. The van der Waals surface area contributed by atoms with Gasteiger partial charge >= 0.3 is 5.97 Å². The van der Waals surface area contributed by atoms with E-state index in [1.165, 1.54) is 21.0 Å². The predicted octanol–water partition coefficient (Wildman–Crippen LogP) is 1.30. The van der Waals surface area contributed by atoms with Crippen LogP contribution in [-0.2, 0) is 14.8 Å². The molecule has 0 saturated carbocycles. The van der Waals surface area contributed by atoms with Crippen molar-refractivity contribution in [2.75, 3.05) is 13.7 Å². The van der Waals surface area contributed by atoms with Crippen LogP contribution < -0.4 is 4.72 Å². The monoisotopic (exact) mass is 305 g/mol. The Morgan fingerprint density at radius 2 is 2.00 bits per heavy atom. The predicted molar refractivity (Wildman–Crippen MR) is 71.4 cm³/mol. The van der Waals surface area contributed by atoms with Gasteiger partial charge in [-0.05, 0) is 27.2 Å². The Morgan fingerprint density at radius 1 is 1.40 bits per heavy atom. The van der Waals surface area contributed by atoms with Crippen molar-refractivity contribution < 1.29 is 27.5 Å². The zero-order chi connectivity index (χ0) is 15.5. The van der Waals surface area contributed by atoms with Crippen LogP contribution in [-0.4, -0.2) is 39.3 Å². The molecule has 0 spiro atoms. The van der Waals surface area contributed by atoms with Gasteiger partial charge in [0.05, 0.1) is 0 Å². The number of carboxylic acids is 1. The highest BCUT2D eigenvalue weighted by molar-refractivity contribution is 7.89. The SMILES string of the molecule is COCCC(C)NS(=O)(=O)c1c(C)oc(C)c1C(=O)O. The molecule has 0 bridgehead atoms. The van der Waals surface area contributed by atoms with Crippen LogP contribution in [0.15, 0.2) is 9.31 Å². The van der Waals surface area contributed by atoms with E-state index in [0.29, 0.717) is 13.0 Å². The molecule has 0 aliphatic rings. The molecule has 1 aromatic heterocycles. The number of sulfonamides is 1. The third-order valence-electron chi connectivity index (χ3n) is 2.80. The third-order valence-corrected chi connectivity index (χ3v) is 4.54. The fourth-order valence-electron chi connectivity index (χ4n) is 1.91. The summed E-state index contributed by atoms with van der Waals surface area (Å²) >= 11 is 0. The fraction of sp³-hybridized carbons (Fsp3) is 0.583. The average Bonchev–Trinajstić information content (AvgIpc) is 2.61. The molecular formula is C12H19NO6S. The zero-order valence-corrected chi connectivity index (χ0v) is 12.7. The standard InChI is InChI=1S/C12H19NO6S/c1-7(5-6-18-4)13-20(16,17)11-9(3)19-8(2)10(11)12(14)15/h7,13H,5-6H2,1-4H3,(H,14,15). The van der Waals surface area contributed by atoms with E-state index >= 15 is 0 Å². The third kappa shape index (κ3) is 3.59. The second-order valence-electron chi connectivity index (χ2n) is 4.53. The molecule has 114 valence electrons. The summed E-state index contributed by atoms with van der Waals surface area (Å²) in [6.45, 7) is 4.93. The minimum atomic E-state index is -3.96. The van der Waals surface area contributed by atoms with E-state index in [4.69, 9.17) is 14.3 Å². The number of methoxy groups -OCH3 is 1. The summed E-state index contributed by atoms with van der Waals surface area (Å²) in [4.78, 5) is 10.9. The highest BCUT2D eigenvalue weighted by Gasteiger charge is 2.31. The Labute approximate surface area is 118 Å². The van der Waals surface area contributed by atoms with Crippen molar-refractivity contribution in [3.8, 4) is 0 Å². The van der Waals surface area contributed by atoms with Crippen molar-refractivity contribution in [2.24, 2.45) is 0 Å². The quantitative estimate of drug-likeness (QED) is 0.786. The number of aromatic carboxylic acids is 1. The van der Waals surface area contributed by atoms with Crippen LogP contribution in [0.4, 0.5) is 0 Å². The van der Waals surface area contributed by atoms with Crippen LogP contribution in [0.1, 0.15) is 35.2 Å². The van der Waals surface area contributed by atoms with Crippen LogP contribution >= 0.6 is 0 Å². The molecule has 1 unspecified atom stereocenters. The molecule has 1 rings (SSSR count). The van der Waals surface area contributed by atoms with E-state index < -0.39 is 16.0 Å². The molecule has 8 heteroatoms. The second kappa shape index (κ2) is 6.38. The van der Waals surface area contributed by atoms with Crippen molar-refractivity contribution in [3.05, 3.63) is 17.1 Å². The molecule has 7 nitrogen and oxygen atoms in total. The normalized spacial score (nSPS) is 13.4. The van der Waals surface area contributed by atoms with E-state index in [9.17, 15) is 13.2 Å². The lowest BCUT2D eigenvalue weighted by molar-refractivity contribution is 0.0691. The molecule has 2 N–H and O–H groups in total. The highest BCUT2D eigenvalue weighted by atomic mass is 32.2. The van der Waals surface area contributed by atoms with E-state index in [0.717, 1.165) is 0 Å². The molecule has 1 heterocycles. The van der Waals surface area contributed by atoms with Gasteiger partial charge in [-0.3, -0.25) is 0 Å². The molecule has 0 fully saturated rings. The zero-order valence-electron chi connectivity index (χ0n) is 11.9. The molecule has 0 radical (unpaired) electrons. The topological polar surface area (TPSA) is 106 Å². The highest BCUT2D eigenvalue weighted by Crippen LogP contribution is 2.26. The first-order chi connectivity index (χ1) is 9.20. The number of nitrogens with one attached hydrogen (secondary N) is 1. The summed E-state index contributed by atoms with van der Waals surface area (Å²) < 4.78 is 37.0. The largest absolute Gasteiger partial charge is 0.478 e. The van der Waals surface area contributed by atoms with Gasteiger partial charge in [-0.15, -0.1) is 0 Å². The summed E-state index contributed by atoms with van der Waals surface area (Å²) in [7, 11) is -2.43. The van der Waals surface area contributed by atoms with Gasteiger partial charge in [-0.1, -0.05) is 0 Å². The Balaban J connectivity index is 3.13. The van der Waals surface area contributed by atoms with E-state index in [1.54, 1.807) is 6.92 Å². The van der Waals surface area contributed by atoms with Crippen LogP contribution in [0.3, 0.4) is 0 Å². The Hall–Kier alpha value is -1.38. The van der Waals surface area contributed by atoms with Gasteiger partial charge in [0.2, 0.25) is 10.0 Å². The minimum absolute atomic E-state index is 0.0614. The number of rotatable bonds is 7. The summed E-state index contributed by atoms with van der Waals surface area (Å²) in [5.74, 6) is -1.20. The van der Waals surface area contributed by atoms with Gasteiger partial charge in [-0.25, -0.2) is 17.9 Å². The van der Waals surface area contributed by atoms with Gasteiger partial charge in [0.15, 0.2) is 0 Å². The molecule has 20 heavy (non-hydrogen) atoms. The van der Waals surface area contributed by atoms with Crippen molar-refractivity contribution in [2.45, 2.75) is 38.1 Å². The molecule has 0 amide bonds. The van der Waals surface area contributed by atoms with Crippen LogP contribution in [0, 0.1) is 13.8 Å². The maximum atomic E-state index is 12.3. The Kier molecular flexibility index (Phi) is 5.32. The first kappa shape index (κ1) is 16.7. The average molecular weight is 305 g/mol. The van der Waals surface area contributed by atoms with Crippen LogP contribution in [0.25, 0.3) is 0 Å². The summed E-state index contributed by atoms with van der Waals surface area (Å²) in [5, 5.41) is 9.13. The number of hydrogen-bond acceptors (Lipinski definition) is 5. The van der Waals surface area contributed by atoms with Gasteiger partial charge in [0.1, 0.15) is 22.0 Å². The number of furan rings is 1. The minimum Gasteiger partial charge on any atom is -0.478 e.